The lowest BCUT2D eigenvalue weighted by Gasteiger charge is -2.15. The van der Waals surface area contributed by atoms with E-state index in [0.29, 0.717) is 6.04 Å². The summed E-state index contributed by atoms with van der Waals surface area (Å²) in [4.78, 5) is 1.45. The van der Waals surface area contributed by atoms with E-state index < -0.39 is 0 Å². The molecule has 86 valence electrons. The van der Waals surface area contributed by atoms with Gasteiger partial charge in [-0.3, -0.25) is 0 Å². The standard InChI is InChI=1S/C13H17NOS/c1-2-4-13-11(3-1)12(9-16-13)14-7-10-5-6-15-8-10/h1-4,10,12,14H,5-9H2. The highest BCUT2D eigenvalue weighted by molar-refractivity contribution is 7.99. The lowest BCUT2D eigenvalue weighted by atomic mass is 10.1. The maximum absolute atomic E-state index is 5.40. The highest BCUT2D eigenvalue weighted by Gasteiger charge is 2.24. The molecule has 2 aliphatic heterocycles. The van der Waals surface area contributed by atoms with Crippen LogP contribution in [0.2, 0.25) is 0 Å². The Morgan fingerprint density at radius 3 is 3.19 bits per heavy atom. The summed E-state index contributed by atoms with van der Waals surface area (Å²) in [5.41, 5.74) is 1.48. The molecule has 16 heavy (non-hydrogen) atoms. The van der Waals surface area contributed by atoms with Crippen molar-refractivity contribution in [2.45, 2.75) is 17.4 Å². The molecule has 1 saturated heterocycles. The van der Waals surface area contributed by atoms with E-state index in [2.05, 4.69) is 29.6 Å². The minimum absolute atomic E-state index is 0.543. The Balaban J connectivity index is 1.60. The molecule has 0 amide bonds. The molecular weight excluding hydrogens is 218 g/mol. The van der Waals surface area contributed by atoms with Gasteiger partial charge in [0.25, 0.3) is 0 Å². The highest BCUT2D eigenvalue weighted by Crippen LogP contribution is 2.37. The summed E-state index contributed by atoms with van der Waals surface area (Å²) in [6, 6.07) is 9.28. The summed E-state index contributed by atoms with van der Waals surface area (Å²) in [6.07, 6.45) is 1.22. The molecule has 3 rings (SSSR count). The lowest BCUT2D eigenvalue weighted by Crippen LogP contribution is -2.27. The molecule has 3 heteroatoms. The molecule has 0 aromatic heterocycles. The minimum atomic E-state index is 0.543. The number of rotatable bonds is 3. The van der Waals surface area contributed by atoms with Crippen LogP contribution in [-0.2, 0) is 4.74 Å². The van der Waals surface area contributed by atoms with Gasteiger partial charge in [-0.2, -0.15) is 0 Å². The molecule has 1 fully saturated rings. The second kappa shape index (κ2) is 4.78. The van der Waals surface area contributed by atoms with Gasteiger partial charge in [0.2, 0.25) is 0 Å². The summed E-state index contributed by atoms with van der Waals surface area (Å²) in [6.45, 7) is 2.98. The Kier molecular flexibility index (Phi) is 3.18. The summed E-state index contributed by atoms with van der Waals surface area (Å²) >= 11 is 1.96. The Morgan fingerprint density at radius 1 is 1.38 bits per heavy atom. The van der Waals surface area contributed by atoms with Crippen LogP contribution in [0.5, 0.6) is 0 Å². The van der Waals surface area contributed by atoms with Crippen LogP contribution in [0, 0.1) is 5.92 Å². The van der Waals surface area contributed by atoms with Crippen LogP contribution in [0.25, 0.3) is 0 Å². The van der Waals surface area contributed by atoms with Gasteiger partial charge in [-0.15, -0.1) is 11.8 Å². The molecule has 0 bridgehead atoms. The van der Waals surface area contributed by atoms with Crippen LogP contribution in [0.3, 0.4) is 0 Å². The van der Waals surface area contributed by atoms with E-state index in [4.69, 9.17) is 4.74 Å². The molecule has 0 spiro atoms. The second-order valence-corrected chi connectivity index (χ2v) is 5.60. The Labute approximate surface area is 101 Å². The molecule has 2 heterocycles. The van der Waals surface area contributed by atoms with Crippen molar-refractivity contribution in [3.8, 4) is 0 Å². The monoisotopic (exact) mass is 235 g/mol. The van der Waals surface area contributed by atoms with Crippen molar-refractivity contribution in [2.75, 3.05) is 25.5 Å². The van der Waals surface area contributed by atoms with Gasteiger partial charge in [-0.05, 0) is 24.0 Å². The van der Waals surface area contributed by atoms with Gasteiger partial charge in [0.05, 0.1) is 6.61 Å². The Bertz CT molecular complexity index is 363. The van der Waals surface area contributed by atoms with Crippen molar-refractivity contribution < 1.29 is 4.74 Å². The van der Waals surface area contributed by atoms with Crippen LogP contribution in [0.1, 0.15) is 18.0 Å². The van der Waals surface area contributed by atoms with Crippen molar-refractivity contribution in [1.82, 2.24) is 5.32 Å². The van der Waals surface area contributed by atoms with Crippen molar-refractivity contribution in [3.05, 3.63) is 29.8 Å². The van der Waals surface area contributed by atoms with Crippen molar-refractivity contribution in [1.29, 1.82) is 0 Å². The molecule has 1 aromatic carbocycles. The van der Waals surface area contributed by atoms with Gasteiger partial charge in [0.1, 0.15) is 0 Å². The van der Waals surface area contributed by atoms with Gasteiger partial charge in [0.15, 0.2) is 0 Å². The molecule has 2 nitrogen and oxygen atoms in total. The lowest BCUT2D eigenvalue weighted by molar-refractivity contribution is 0.184. The zero-order valence-electron chi connectivity index (χ0n) is 9.32. The van der Waals surface area contributed by atoms with Gasteiger partial charge < -0.3 is 10.1 Å². The van der Waals surface area contributed by atoms with E-state index in [1.165, 1.54) is 22.6 Å². The van der Waals surface area contributed by atoms with Gasteiger partial charge in [0, 0.05) is 29.8 Å². The van der Waals surface area contributed by atoms with Crippen LogP contribution < -0.4 is 5.32 Å². The topological polar surface area (TPSA) is 21.3 Å². The third-order valence-corrected chi connectivity index (χ3v) is 4.56. The summed E-state index contributed by atoms with van der Waals surface area (Å²) in [5, 5.41) is 3.68. The van der Waals surface area contributed by atoms with Crippen molar-refractivity contribution in [2.24, 2.45) is 5.92 Å². The smallest absolute Gasteiger partial charge is 0.0507 e. The van der Waals surface area contributed by atoms with Gasteiger partial charge in [-0.25, -0.2) is 0 Å². The molecule has 2 aliphatic rings. The molecule has 2 atom stereocenters. The quantitative estimate of drug-likeness (QED) is 0.869. The summed E-state index contributed by atoms with van der Waals surface area (Å²) < 4.78 is 5.40. The molecule has 0 radical (unpaired) electrons. The molecule has 0 saturated carbocycles. The second-order valence-electron chi connectivity index (χ2n) is 4.54. The average Bonchev–Trinajstić information content (AvgIpc) is 2.96. The molecule has 2 unspecified atom stereocenters. The van der Waals surface area contributed by atoms with Gasteiger partial charge in [-0.1, -0.05) is 18.2 Å². The maximum atomic E-state index is 5.40. The number of fused-ring (bicyclic) bond motifs is 1. The first-order chi connectivity index (χ1) is 7.93. The number of hydrogen-bond donors (Lipinski definition) is 1. The average molecular weight is 235 g/mol. The first kappa shape index (κ1) is 10.6. The Hall–Kier alpha value is -0.510. The minimum Gasteiger partial charge on any atom is -0.381 e. The van der Waals surface area contributed by atoms with Crippen LogP contribution in [0.15, 0.2) is 29.2 Å². The molecule has 1 N–H and O–H groups in total. The largest absolute Gasteiger partial charge is 0.381 e. The van der Waals surface area contributed by atoms with E-state index in [1.54, 1.807) is 0 Å². The van der Waals surface area contributed by atoms with E-state index in [-0.39, 0.29) is 0 Å². The zero-order chi connectivity index (χ0) is 10.8. The molecular formula is C13H17NOS. The molecule has 1 aromatic rings. The summed E-state index contributed by atoms with van der Waals surface area (Å²) in [7, 11) is 0. The van der Waals surface area contributed by atoms with Crippen molar-refractivity contribution in [3.63, 3.8) is 0 Å². The number of hydrogen-bond acceptors (Lipinski definition) is 3. The first-order valence-electron chi connectivity index (χ1n) is 5.96. The fourth-order valence-corrected chi connectivity index (χ4v) is 3.58. The fraction of sp³-hybridized carbons (Fsp3) is 0.538. The normalized spacial score (nSPS) is 28.2. The van der Waals surface area contributed by atoms with Crippen molar-refractivity contribution >= 4 is 11.8 Å². The third kappa shape index (κ3) is 2.12. The van der Waals surface area contributed by atoms with E-state index in [1.807, 2.05) is 11.8 Å². The van der Waals surface area contributed by atoms with E-state index >= 15 is 0 Å². The predicted molar refractivity (Wildman–Crippen MR) is 66.8 cm³/mol. The van der Waals surface area contributed by atoms with E-state index in [0.717, 1.165) is 25.7 Å². The van der Waals surface area contributed by atoms with Crippen LogP contribution in [0.4, 0.5) is 0 Å². The number of thioether (sulfide) groups is 1. The number of nitrogens with one attached hydrogen (secondary N) is 1. The first-order valence-corrected chi connectivity index (χ1v) is 6.95. The summed E-state index contributed by atoms with van der Waals surface area (Å²) in [5.74, 6) is 1.89. The highest BCUT2D eigenvalue weighted by atomic mass is 32.2. The molecule has 0 aliphatic carbocycles. The predicted octanol–water partition coefficient (Wildman–Crippen LogP) is 2.46. The zero-order valence-corrected chi connectivity index (χ0v) is 10.1. The SMILES string of the molecule is c1ccc2c(c1)SCC2NCC1CCOC1. The third-order valence-electron chi connectivity index (χ3n) is 3.38. The van der Waals surface area contributed by atoms with Crippen LogP contribution >= 0.6 is 11.8 Å². The maximum Gasteiger partial charge on any atom is 0.0507 e. The Morgan fingerprint density at radius 2 is 2.31 bits per heavy atom. The number of ether oxygens (including phenoxy) is 1. The van der Waals surface area contributed by atoms with Crippen LogP contribution in [-0.4, -0.2) is 25.5 Å². The number of benzene rings is 1. The van der Waals surface area contributed by atoms with E-state index in [9.17, 15) is 0 Å². The van der Waals surface area contributed by atoms with Gasteiger partial charge >= 0.3 is 0 Å². The fourth-order valence-electron chi connectivity index (χ4n) is 2.38.